The highest BCUT2D eigenvalue weighted by Crippen LogP contribution is 2.34. The van der Waals surface area contributed by atoms with Gasteiger partial charge in [0.2, 0.25) is 0 Å². The van der Waals surface area contributed by atoms with Crippen molar-refractivity contribution < 1.29 is 12.8 Å². The first-order valence-electron chi connectivity index (χ1n) is 8.05. The average Bonchev–Trinajstić information content (AvgIpc) is 2.95. The molecular formula is C19H17FN2O2S. The predicted octanol–water partition coefficient (Wildman–Crippen LogP) is 3.74. The Morgan fingerprint density at radius 2 is 1.88 bits per heavy atom. The van der Waals surface area contributed by atoms with E-state index in [9.17, 15) is 12.8 Å². The smallest absolute Gasteiger partial charge is 0.249 e. The summed E-state index contributed by atoms with van der Waals surface area (Å²) in [6, 6.07) is 11.7. The highest BCUT2D eigenvalue weighted by atomic mass is 32.2. The van der Waals surface area contributed by atoms with Crippen molar-refractivity contribution in [3.8, 4) is 0 Å². The fourth-order valence-corrected chi connectivity index (χ4v) is 4.95. The van der Waals surface area contributed by atoms with Gasteiger partial charge in [-0.25, -0.2) is 22.1 Å². The number of hydrogen-bond acceptors (Lipinski definition) is 3. The maximum Gasteiger partial charge on any atom is 0.265 e. The predicted molar refractivity (Wildman–Crippen MR) is 95.9 cm³/mol. The molecule has 1 aliphatic rings. The molecule has 25 heavy (non-hydrogen) atoms. The van der Waals surface area contributed by atoms with Crippen LogP contribution in [0, 0.1) is 19.7 Å². The first kappa shape index (κ1) is 16.0. The summed E-state index contributed by atoms with van der Waals surface area (Å²) in [6.07, 6.45) is 0.617. The summed E-state index contributed by atoms with van der Waals surface area (Å²) < 4.78 is 40.9. The van der Waals surface area contributed by atoms with E-state index in [-0.39, 0.29) is 4.90 Å². The second kappa shape index (κ2) is 5.52. The van der Waals surface area contributed by atoms with Gasteiger partial charge in [-0.2, -0.15) is 0 Å². The van der Waals surface area contributed by atoms with Crippen LogP contribution < -0.4 is 4.31 Å². The van der Waals surface area contributed by atoms with E-state index in [1.54, 1.807) is 6.92 Å². The van der Waals surface area contributed by atoms with Gasteiger partial charge in [0.25, 0.3) is 10.0 Å². The third-order valence-corrected chi connectivity index (χ3v) is 6.50. The van der Waals surface area contributed by atoms with Crippen LogP contribution in [0.15, 0.2) is 47.4 Å². The van der Waals surface area contributed by atoms with Gasteiger partial charge in [-0.1, -0.05) is 12.1 Å². The first-order valence-corrected chi connectivity index (χ1v) is 9.49. The van der Waals surface area contributed by atoms with Crippen LogP contribution in [0.25, 0.3) is 10.9 Å². The lowest BCUT2D eigenvalue weighted by molar-refractivity contribution is 0.590. The number of aromatic nitrogens is 1. The fourth-order valence-electron chi connectivity index (χ4n) is 3.29. The molecular weight excluding hydrogens is 339 g/mol. The van der Waals surface area contributed by atoms with Crippen LogP contribution in [-0.4, -0.2) is 19.9 Å². The van der Waals surface area contributed by atoms with E-state index >= 15 is 0 Å². The minimum atomic E-state index is -3.77. The summed E-state index contributed by atoms with van der Waals surface area (Å²) in [4.78, 5) is 4.73. The van der Waals surface area contributed by atoms with Gasteiger partial charge in [0.15, 0.2) is 0 Å². The van der Waals surface area contributed by atoms with Crippen molar-refractivity contribution in [3.63, 3.8) is 0 Å². The molecule has 0 amide bonds. The molecule has 0 bridgehead atoms. The van der Waals surface area contributed by atoms with Crippen LogP contribution in [0.5, 0.6) is 0 Å². The molecule has 0 atom stereocenters. The molecule has 4 rings (SSSR count). The van der Waals surface area contributed by atoms with Gasteiger partial charge in [-0.3, -0.25) is 0 Å². The van der Waals surface area contributed by atoms with E-state index in [4.69, 9.17) is 0 Å². The Balaban J connectivity index is 1.86. The Morgan fingerprint density at radius 1 is 1.08 bits per heavy atom. The molecule has 3 aromatic rings. The Labute approximate surface area is 146 Å². The zero-order valence-electron chi connectivity index (χ0n) is 14.0. The minimum absolute atomic E-state index is 0.118. The summed E-state index contributed by atoms with van der Waals surface area (Å²) >= 11 is 0. The second-order valence-corrected chi connectivity index (χ2v) is 8.23. The van der Waals surface area contributed by atoms with E-state index in [2.05, 4.69) is 4.98 Å². The van der Waals surface area contributed by atoms with Gasteiger partial charge < -0.3 is 0 Å². The number of rotatable bonds is 2. The van der Waals surface area contributed by atoms with Crippen LogP contribution in [0.3, 0.4) is 0 Å². The molecule has 1 aromatic heterocycles. The molecule has 4 nitrogen and oxygen atoms in total. The molecule has 0 fully saturated rings. The zero-order valence-corrected chi connectivity index (χ0v) is 14.8. The van der Waals surface area contributed by atoms with Gasteiger partial charge in [0, 0.05) is 11.9 Å². The molecule has 2 aromatic carbocycles. The molecule has 0 aliphatic carbocycles. The van der Waals surface area contributed by atoms with Crippen LogP contribution in [0.4, 0.5) is 10.2 Å². The minimum Gasteiger partial charge on any atom is -0.249 e. The number of nitrogens with zero attached hydrogens (tertiary/aromatic N) is 2. The number of pyridine rings is 1. The van der Waals surface area contributed by atoms with Crippen LogP contribution >= 0.6 is 0 Å². The Bertz CT molecular complexity index is 1110. The van der Waals surface area contributed by atoms with Crippen molar-refractivity contribution in [3.05, 3.63) is 65.0 Å². The van der Waals surface area contributed by atoms with Crippen LogP contribution in [0.1, 0.15) is 16.7 Å². The monoisotopic (exact) mass is 356 g/mol. The molecule has 1 aliphatic heterocycles. The van der Waals surface area contributed by atoms with Crippen molar-refractivity contribution in [1.82, 2.24) is 4.98 Å². The van der Waals surface area contributed by atoms with E-state index in [1.807, 2.05) is 31.2 Å². The number of benzene rings is 2. The lowest BCUT2D eigenvalue weighted by Crippen LogP contribution is -2.30. The summed E-state index contributed by atoms with van der Waals surface area (Å²) in [5.41, 5.74) is 3.16. The van der Waals surface area contributed by atoms with Crippen LogP contribution in [-0.2, 0) is 16.4 Å². The maximum absolute atomic E-state index is 13.3. The number of hydrogen-bond donors (Lipinski definition) is 0. The molecule has 6 heteroatoms. The van der Waals surface area contributed by atoms with Crippen molar-refractivity contribution in [2.75, 3.05) is 10.8 Å². The molecule has 2 heterocycles. The van der Waals surface area contributed by atoms with E-state index in [0.717, 1.165) is 22.0 Å². The number of sulfonamides is 1. The highest BCUT2D eigenvalue weighted by Gasteiger charge is 2.33. The van der Waals surface area contributed by atoms with Crippen LogP contribution in [0.2, 0.25) is 0 Å². The van der Waals surface area contributed by atoms with E-state index in [0.29, 0.717) is 24.3 Å². The standard InChI is InChI=1S/C19H17FN2O2S/c1-12-3-4-14-11-15-7-8-22(19(15)21-17(14)9-12)25(23,24)18-6-5-16(20)10-13(18)2/h3-6,9-11H,7-8H2,1-2H3. The first-order chi connectivity index (χ1) is 11.9. The van der Waals surface area contributed by atoms with Gasteiger partial charge in [-0.05, 0) is 67.3 Å². The number of anilines is 1. The number of fused-ring (bicyclic) bond motifs is 2. The molecule has 0 unspecified atom stereocenters. The van der Waals surface area contributed by atoms with Gasteiger partial charge in [0.1, 0.15) is 11.6 Å². The zero-order chi connectivity index (χ0) is 17.8. The van der Waals surface area contributed by atoms with Gasteiger partial charge in [-0.15, -0.1) is 0 Å². The molecule has 128 valence electrons. The second-order valence-electron chi connectivity index (χ2n) is 6.40. The summed E-state index contributed by atoms with van der Waals surface area (Å²) in [5.74, 6) is 0.0275. The highest BCUT2D eigenvalue weighted by molar-refractivity contribution is 7.92. The normalized spacial score (nSPS) is 14.1. The lowest BCUT2D eigenvalue weighted by Gasteiger charge is -2.20. The molecule has 0 saturated carbocycles. The van der Waals surface area contributed by atoms with Crippen molar-refractivity contribution in [1.29, 1.82) is 0 Å². The number of aryl methyl sites for hydroxylation is 2. The number of halogens is 1. The summed E-state index contributed by atoms with van der Waals surface area (Å²) in [6.45, 7) is 3.92. The third kappa shape index (κ3) is 2.57. The van der Waals surface area contributed by atoms with Gasteiger partial charge in [0.05, 0.1) is 10.4 Å². The van der Waals surface area contributed by atoms with Crippen molar-refractivity contribution >= 4 is 26.7 Å². The topological polar surface area (TPSA) is 50.3 Å². The largest absolute Gasteiger partial charge is 0.265 e. The molecule has 0 saturated heterocycles. The average molecular weight is 356 g/mol. The Hall–Kier alpha value is -2.47. The summed E-state index contributed by atoms with van der Waals surface area (Å²) in [7, 11) is -3.77. The molecule has 0 N–H and O–H groups in total. The summed E-state index contributed by atoms with van der Waals surface area (Å²) in [5, 5.41) is 1.00. The SMILES string of the molecule is Cc1ccc2cc3c(nc2c1)N(S(=O)(=O)c1ccc(F)cc1C)CC3. The molecule has 0 spiro atoms. The van der Waals surface area contributed by atoms with Crippen molar-refractivity contribution in [2.24, 2.45) is 0 Å². The van der Waals surface area contributed by atoms with E-state index in [1.165, 1.54) is 22.5 Å². The fraction of sp³-hybridized carbons (Fsp3) is 0.211. The maximum atomic E-state index is 13.3. The Kier molecular flexibility index (Phi) is 3.54. The van der Waals surface area contributed by atoms with Crippen molar-refractivity contribution in [2.45, 2.75) is 25.2 Å². The van der Waals surface area contributed by atoms with Gasteiger partial charge >= 0.3 is 0 Å². The quantitative estimate of drug-likeness (QED) is 0.703. The Morgan fingerprint density at radius 3 is 2.64 bits per heavy atom. The third-order valence-electron chi connectivity index (χ3n) is 4.55. The molecule has 0 radical (unpaired) electrons. The van der Waals surface area contributed by atoms with E-state index < -0.39 is 15.8 Å². The lowest BCUT2D eigenvalue weighted by atomic mass is 10.1.